The van der Waals surface area contributed by atoms with Crippen LogP contribution < -0.4 is 19.7 Å². The van der Waals surface area contributed by atoms with Gasteiger partial charge in [0.1, 0.15) is 0 Å². The van der Waals surface area contributed by atoms with Crippen LogP contribution in [0.15, 0.2) is 30.3 Å². The fourth-order valence-corrected chi connectivity index (χ4v) is 3.95. The van der Waals surface area contributed by atoms with Crippen LogP contribution in [0.3, 0.4) is 0 Å². The quantitative estimate of drug-likeness (QED) is 0.608. The van der Waals surface area contributed by atoms with Crippen LogP contribution in [-0.4, -0.2) is 26.8 Å². The Kier molecular flexibility index (Phi) is 6.97. The lowest BCUT2D eigenvalue weighted by molar-refractivity contribution is 0.308. The van der Waals surface area contributed by atoms with Crippen LogP contribution in [0.25, 0.3) is 0 Å². The lowest BCUT2D eigenvalue weighted by Gasteiger charge is -2.29. The van der Waals surface area contributed by atoms with E-state index in [-0.39, 0.29) is 0 Å². The number of rotatable bonds is 7. The van der Waals surface area contributed by atoms with Gasteiger partial charge in [-0.3, -0.25) is 0 Å². The average molecular weight is 409 g/mol. The van der Waals surface area contributed by atoms with E-state index in [4.69, 9.17) is 32.7 Å². The van der Waals surface area contributed by atoms with E-state index in [0.29, 0.717) is 29.7 Å². The van der Waals surface area contributed by atoms with E-state index in [0.717, 1.165) is 35.1 Å². The highest BCUT2D eigenvalue weighted by Gasteiger charge is 2.15. The number of anilines is 2. The Hall–Kier alpha value is -1.78. The summed E-state index contributed by atoms with van der Waals surface area (Å²) >= 11 is 12.8. The normalized spacial score (nSPS) is 14.1. The molecular weight excluding hydrogens is 383 g/mol. The van der Waals surface area contributed by atoms with Crippen LogP contribution in [0.4, 0.5) is 11.4 Å². The largest absolute Gasteiger partial charge is 0.493 e. The molecule has 4 nitrogen and oxygen atoms in total. The summed E-state index contributed by atoms with van der Waals surface area (Å²) in [5.41, 5.74) is 3.01. The maximum absolute atomic E-state index is 6.55. The first-order valence-corrected chi connectivity index (χ1v) is 10.2. The minimum atomic E-state index is 0.557. The van der Waals surface area contributed by atoms with Gasteiger partial charge in [0.25, 0.3) is 0 Å². The Balaban J connectivity index is 1.75. The minimum absolute atomic E-state index is 0.557. The third-order valence-corrected chi connectivity index (χ3v) is 5.25. The molecule has 1 N–H and O–H groups in total. The number of nitrogens with zero attached hydrogens (tertiary/aromatic N) is 1. The highest BCUT2D eigenvalue weighted by molar-refractivity contribution is 6.33. The number of methoxy groups -OCH3 is 1. The molecule has 1 heterocycles. The molecule has 0 amide bonds. The average Bonchev–Trinajstić information content (AvgIpc) is 2.68. The van der Waals surface area contributed by atoms with E-state index < -0.39 is 0 Å². The Morgan fingerprint density at radius 1 is 1.07 bits per heavy atom. The van der Waals surface area contributed by atoms with E-state index in [1.807, 2.05) is 19.1 Å². The zero-order valence-electron chi connectivity index (χ0n) is 15.9. The van der Waals surface area contributed by atoms with Crippen molar-refractivity contribution in [2.75, 3.05) is 37.0 Å². The lowest BCUT2D eigenvalue weighted by atomic mass is 10.1. The smallest absolute Gasteiger partial charge is 0.166 e. The predicted octanol–water partition coefficient (Wildman–Crippen LogP) is 6.00. The van der Waals surface area contributed by atoms with Crippen molar-refractivity contribution >= 4 is 34.6 Å². The van der Waals surface area contributed by atoms with Crippen molar-refractivity contribution in [1.29, 1.82) is 0 Å². The highest BCUT2D eigenvalue weighted by Crippen LogP contribution is 2.36. The molecule has 0 atom stereocenters. The topological polar surface area (TPSA) is 33.7 Å². The summed E-state index contributed by atoms with van der Waals surface area (Å²) < 4.78 is 11.2. The monoisotopic (exact) mass is 408 g/mol. The maximum atomic E-state index is 6.55. The van der Waals surface area contributed by atoms with Crippen molar-refractivity contribution in [1.82, 2.24) is 0 Å². The Labute approximate surface area is 171 Å². The number of halogens is 2. The summed E-state index contributed by atoms with van der Waals surface area (Å²) in [6.07, 6.45) is 3.76. The standard InChI is InChI=1S/C21H26Cl2N2O2/c1-3-27-21-15(11-16(22)12-20(21)26-2)14-24-17-7-8-19(18(23)13-17)25-9-5-4-6-10-25/h7-8,11-13,24H,3-6,9-10,14H2,1-2H3. The minimum Gasteiger partial charge on any atom is -0.493 e. The number of nitrogens with one attached hydrogen (secondary N) is 1. The number of benzene rings is 2. The fraction of sp³-hybridized carbons (Fsp3) is 0.429. The molecule has 3 rings (SSSR count). The molecule has 0 radical (unpaired) electrons. The van der Waals surface area contributed by atoms with Crippen molar-refractivity contribution in [2.24, 2.45) is 0 Å². The predicted molar refractivity (Wildman–Crippen MR) is 114 cm³/mol. The second-order valence-corrected chi connectivity index (χ2v) is 7.44. The van der Waals surface area contributed by atoms with Crippen LogP contribution in [-0.2, 0) is 6.54 Å². The van der Waals surface area contributed by atoms with Gasteiger partial charge in [0.05, 0.1) is 24.4 Å². The SMILES string of the molecule is CCOc1c(CNc2ccc(N3CCCCC3)c(Cl)c2)cc(Cl)cc1OC. The number of hydrogen-bond donors (Lipinski definition) is 1. The third kappa shape index (κ3) is 4.94. The lowest BCUT2D eigenvalue weighted by Crippen LogP contribution is -2.29. The molecule has 2 aromatic carbocycles. The van der Waals surface area contributed by atoms with Crippen molar-refractivity contribution in [3.63, 3.8) is 0 Å². The first-order chi connectivity index (χ1) is 13.1. The summed E-state index contributed by atoms with van der Waals surface area (Å²) in [5, 5.41) is 4.80. The van der Waals surface area contributed by atoms with Crippen molar-refractivity contribution in [3.05, 3.63) is 45.9 Å². The van der Waals surface area contributed by atoms with Gasteiger partial charge < -0.3 is 19.7 Å². The Morgan fingerprint density at radius 2 is 1.85 bits per heavy atom. The molecule has 0 aliphatic carbocycles. The van der Waals surface area contributed by atoms with Gasteiger partial charge in [0.15, 0.2) is 11.5 Å². The third-order valence-electron chi connectivity index (χ3n) is 4.73. The summed E-state index contributed by atoms with van der Waals surface area (Å²) in [7, 11) is 1.62. The summed E-state index contributed by atoms with van der Waals surface area (Å²) in [6, 6.07) is 9.80. The molecule has 146 valence electrons. The van der Waals surface area contributed by atoms with E-state index >= 15 is 0 Å². The Bertz CT molecular complexity index is 777. The molecule has 0 bridgehead atoms. The molecule has 0 saturated carbocycles. The van der Waals surface area contributed by atoms with Gasteiger partial charge in [-0.25, -0.2) is 0 Å². The number of piperidine rings is 1. The summed E-state index contributed by atoms with van der Waals surface area (Å²) in [5.74, 6) is 1.35. The molecule has 1 saturated heterocycles. The van der Waals surface area contributed by atoms with E-state index in [2.05, 4.69) is 22.3 Å². The van der Waals surface area contributed by atoms with Gasteiger partial charge in [-0.15, -0.1) is 0 Å². The molecule has 2 aromatic rings. The molecule has 1 aliphatic heterocycles. The first-order valence-electron chi connectivity index (χ1n) is 9.40. The van der Waals surface area contributed by atoms with Gasteiger partial charge in [0.2, 0.25) is 0 Å². The molecular formula is C21H26Cl2N2O2. The van der Waals surface area contributed by atoms with Crippen LogP contribution >= 0.6 is 23.2 Å². The summed E-state index contributed by atoms with van der Waals surface area (Å²) in [4.78, 5) is 2.37. The zero-order chi connectivity index (χ0) is 19.2. The Morgan fingerprint density at radius 3 is 2.52 bits per heavy atom. The van der Waals surface area contributed by atoms with Crippen molar-refractivity contribution < 1.29 is 9.47 Å². The molecule has 0 aromatic heterocycles. The van der Waals surface area contributed by atoms with Crippen LogP contribution in [0.1, 0.15) is 31.7 Å². The van der Waals surface area contributed by atoms with Crippen LogP contribution in [0, 0.1) is 0 Å². The maximum Gasteiger partial charge on any atom is 0.166 e. The summed E-state index contributed by atoms with van der Waals surface area (Å²) in [6.45, 7) is 5.22. The molecule has 6 heteroatoms. The van der Waals surface area contributed by atoms with Crippen LogP contribution in [0.2, 0.25) is 10.0 Å². The van der Waals surface area contributed by atoms with Gasteiger partial charge >= 0.3 is 0 Å². The van der Waals surface area contributed by atoms with Crippen LogP contribution in [0.5, 0.6) is 11.5 Å². The molecule has 0 unspecified atom stereocenters. The zero-order valence-corrected chi connectivity index (χ0v) is 17.4. The molecule has 1 fully saturated rings. The second-order valence-electron chi connectivity index (χ2n) is 6.60. The van der Waals surface area contributed by atoms with Gasteiger partial charge in [0, 0.05) is 42.0 Å². The van der Waals surface area contributed by atoms with Gasteiger partial charge in [-0.1, -0.05) is 23.2 Å². The van der Waals surface area contributed by atoms with Gasteiger partial charge in [-0.05, 0) is 50.5 Å². The van der Waals surface area contributed by atoms with E-state index in [1.54, 1.807) is 13.2 Å². The van der Waals surface area contributed by atoms with E-state index in [1.165, 1.54) is 19.3 Å². The van der Waals surface area contributed by atoms with Crippen molar-refractivity contribution in [2.45, 2.75) is 32.7 Å². The van der Waals surface area contributed by atoms with Crippen molar-refractivity contribution in [3.8, 4) is 11.5 Å². The van der Waals surface area contributed by atoms with E-state index in [9.17, 15) is 0 Å². The first kappa shape index (κ1) is 20.0. The molecule has 0 spiro atoms. The fourth-order valence-electron chi connectivity index (χ4n) is 3.42. The molecule has 1 aliphatic rings. The van der Waals surface area contributed by atoms with Gasteiger partial charge in [-0.2, -0.15) is 0 Å². The number of ether oxygens (including phenoxy) is 2. The second kappa shape index (κ2) is 9.43. The molecule has 27 heavy (non-hydrogen) atoms. The number of hydrogen-bond acceptors (Lipinski definition) is 4. The highest BCUT2D eigenvalue weighted by atomic mass is 35.5.